The standard InChI is InChI=1S/C14H21NO3S/c1-15-13(7-8-19(2,16)17)12-9-11-5-3-4-6-14(11)18-10-12/h3-6,12-13,15H,7-10H2,1-2H3. The van der Waals surface area contributed by atoms with Crippen LogP contribution in [0.5, 0.6) is 5.75 Å². The van der Waals surface area contributed by atoms with Gasteiger partial charge in [-0.15, -0.1) is 0 Å². The molecule has 0 radical (unpaired) electrons. The topological polar surface area (TPSA) is 55.4 Å². The Kier molecular flexibility index (Phi) is 4.47. The Balaban J connectivity index is 2.02. The van der Waals surface area contributed by atoms with Crippen LogP contribution in [0.25, 0.3) is 0 Å². The van der Waals surface area contributed by atoms with Crippen molar-refractivity contribution in [3.8, 4) is 5.75 Å². The molecule has 0 saturated carbocycles. The van der Waals surface area contributed by atoms with Crippen LogP contribution < -0.4 is 10.1 Å². The van der Waals surface area contributed by atoms with Crippen molar-refractivity contribution in [2.75, 3.05) is 25.7 Å². The molecule has 0 fully saturated rings. The summed E-state index contributed by atoms with van der Waals surface area (Å²) in [6.45, 7) is 0.645. The second-order valence-corrected chi connectivity index (χ2v) is 7.46. The summed E-state index contributed by atoms with van der Waals surface area (Å²) in [6, 6.07) is 8.21. The molecule has 1 N–H and O–H groups in total. The molecule has 1 aliphatic heterocycles. The van der Waals surface area contributed by atoms with E-state index in [2.05, 4.69) is 11.4 Å². The van der Waals surface area contributed by atoms with Crippen molar-refractivity contribution in [2.45, 2.75) is 18.9 Å². The largest absolute Gasteiger partial charge is 0.493 e. The molecular formula is C14H21NO3S. The van der Waals surface area contributed by atoms with Gasteiger partial charge in [-0.1, -0.05) is 18.2 Å². The van der Waals surface area contributed by atoms with E-state index >= 15 is 0 Å². The van der Waals surface area contributed by atoms with Gasteiger partial charge in [0.25, 0.3) is 0 Å². The first-order chi connectivity index (χ1) is 8.99. The number of nitrogens with one attached hydrogen (secondary N) is 1. The zero-order chi connectivity index (χ0) is 13.9. The predicted molar refractivity (Wildman–Crippen MR) is 76.3 cm³/mol. The van der Waals surface area contributed by atoms with E-state index in [-0.39, 0.29) is 11.8 Å². The zero-order valence-electron chi connectivity index (χ0n) is 11.4. The number of ether oxygens (including phenoxy) is 1. The fraction of sp³-hybridized carbons (Fsp3) is 0.571. The van der Waals surface area contributed by atoms with Crippen LogP contribution in [0.1, 0.15) is 12.0 Å². The average molecular weight is 283 g/mol. The van der Waals surface area contributed by atoms with E-state index in [9.17, 15) is 8.42 Å². The highest BCUT2D eigenvalue weighted by Crippen LogP contribution is 2.29. The lowest BCUT2D eigenvalue weighted by molar-refractivity contribution is 0.185. The number of benzene rings is 1. The van der Waals surface area contributed by atoms with Gasteiger partial charge < -0.3 is 10.1 Å². The Morgan fingerprint density at radius 3 is 2.84 bits per heavy atom. The van der Waals surface area contributed by atoms with Crippen molar-refractivity contribution in [3.05, 3.63) is 29.8 Å². The summed E-state index contributed by atoms with van der Waals surface area (Å²) in [7, 11) is -1.03. The van der Waals surface area contributed by atoms with E-state index in [1.807, 2.05) is 25.2 Å². The second-order valence-electron chi connectivity index (χ2n) is 5.20. The Morgan fingerprint density at radius 2 is 2.16 bits per heavy atom. The molecule has 2 atom stereocenters. The third kappa shape index (κ3) is 3.94. The summed E-state index contributed by atoms with van der Waals surface area (Å²) in [5.41, 5.74) is 1.21. The van der Waals surface area contributed by atoms with E-state index in [0.29, 0.717) is 18.9 Å². The van der Waals surface area contributed by atoms with Crippen molar-refractivity contribution in [3.63, 3.8) is 0 Å². The van der Waals surface area contributed by atoms with Gasteiger partial charge in [0.05, 0.1) is 12.4 Å². The summed E-state index contributed by atoms with van der Waals surface area (Å²) < 4.78 is 28.3. The molecule has 106 valence electrons. The molecule has 0 bridgehead atoms. The van der Waals surface area contributed by atoms with Crippen molar-refractivity contribution < 1.29 is 13.2 Å². The van der Waals surface area contributed by atoms with Crippen LogP contribution in [0.15, 0.2) is 24.3 Å². The van der Waals surface area contributed by atoms with Crippen molar-refractivity contribution in [1.82, 2.24) is 5.32 Å². The van der Waals surface area contributed by atoms with E-state index in [4.69, 9.17) is 4.74 Å². The van der Waals surface area contributed by atoms with Crippen LogP contribution in [0.3, 0.4) is 0 Å². The lowest BCUT2D eigenvalue weighted by Gasteiger charge is -2.31. The monoisotopic (exact) mass is 283 g/mol. The third-order valence-electron chi connectivity index (χ3n) is 3.65. The van der Waals surface area contributed by atoms with Gasteiger partial charge in [0.15, 0.2) is 0 Å². The molecule has 19 heavy (non-hydrogen) atoms. The molecule has 0 aliphatic carbocycles. The lowest BCUT2D eigenvalue weighted by Crippen LogP contribution is -2.41. The maximum Gasteiger partial charge on any atom is 0.147 e. The van der Waals surface area contributed by atoms with Gasteiger partial charge in [-0.2, -0.15) is 0 Å². The summed E-state index contributed by atoms with van der Waals surface area (Å²) in [6.07, 6.45) is 2.85. The smallest absolute Gasteiger partial charge is 0.147 e. The van der Waals surface area contributed by atoms with E-state index in [1.165, 1.54) is 11.8 Å². The van der Waals surface area contributed by atoms with E-state index < -0.39 is 9.84 Å². The second kappa shape index (κ2) is 5.92. The van der Waals surface area contributed by atoms with E-state index in [0.717, 1.165) is 12.2 Å². The summed E-state index contributed by atoms with van der Waals surface area (Å²) in [5.74, 6) is 1.50. The quantitative estimate of drug-likeness (QED) is 0.884. The summed E-state index contributed by atoms with van der Waals surface area (Å²) in [5, 5.41) is 3.23. The van der Waals surface area contributed by atoms with Gasteiger partial charge in [-0.05, 0) is 31.5 Å². The van der Waals surface area contributed by atoms with E-state index in [1.54, 1.807) is 0 Å². The highest BCUT2D eigenvalue weighted by molar-refractivity contribution is 7.90. The van der Waals surface area contributed by atoms with Crippen LogP contribution in [0.2, 0.25) is 0 Å². The maximum absolute atomic E-state index is 11.3. The van der Waals surface area contributed by atoms with Crippen LogP contribution in [0.4, 0.5) is 0 Å². The number of hydrogen-bond donors (Lipinski definition) is 1. The minimum absolute atomic E-state index is 0.170. The first-order valence-electron chi connectivity index (χ1n) is 6.55. The third-order valence-corrected chi connectivity index (χ3v) is 4.62. The van der Waals surface area contributed by atoms with Gasteiger partial charge in [0.2, 0.25) is 0 Å². The van der Waals surface area contributed by atoms with Gasteiger partial charge >= 0.3 is 0 Å². The summed E-state index contributed by atoms with van der Waals surface area (Å²) in [4.78, 5) is 0. The fourth-order valence-corrected chi connectivity index (χ4v) is 3.25. The molecule has 5 heteroatoms. The Labute approximate surface area is 115 Å². The van der Waals surface area contributed by atoms with Crippen molar-refractivity contribution >= 4 is 9.84 Å². The average Bonchev–Trinajstić information content (AvgIpc) is 2.38. The van der Waals surface area contributed by atoms with Gasteiger partial charge in [0, 0.05) is 18.2 Å². The molecule has 4 nitrogen and oxygen atoms in total. The first-order valence-corrected chi connectivity index (χ1v) is 8.61. The molecule has 1 heterocycles. The lowest BCUT2D eigenvalue weighted by atomic mass is 9.89. The van der Waals surface area contributed by atoms with Crippen LogP contribution >= 0.6 is 0 Å². The Bertz CT molecular complexity index is 527. The first kappa shape index (κ1) is 14.3. The molecule has 1 aromatic rings. The fourth-order valence-electron chi connectivity index (χ4n) is 2.57. The maximum atomic E-state index is 11.3. The van der Waals surface area contributed by atoms with Gasteiger partial charge in [0.1, 0.15) is 15.6 Å². The molecule has 1 aliphatic rings. The van der Waals surface area contributed by atoms with Crippen LogP contribution in [-0.2, 0) is 16.3 Å². The molecule has 0 saturated heterocycles. The Hall–Kier alpha value is -1.07. The molecule has 0 amide bonds. The van der Waals surface area contributed by atoms with Gasteiger partial charge in [-0.25, -0.2) is 8.42 Å². The number of hydrogen-bond acceptors (Lipinski definition) is 4. The van der Waals surface area contributed by atoms with Crippen molar-refractivity contribution in [1.29, 1.82) is 0 Å². The van der Waals surface area contributed by atoms with Crippen LogP contribution in [-0.4, -0.2) is 40.1 Å². The van der Waals surface area contributed by atoms with Gasteiger partial charge in [-0.3, -0.25) is 0 Å². The Morgan fingerprint density at radius 1 is 1.42 bits per heavy atom. The number of rotatable bonds is 5. The molecule has 1 aromatic carbocycles. The number of para-hydroxylation sites is 1. The highest BCUT2D eigenvalue weighted by atomic mass is 32.2. The van der Waals surface area contributed by atoms with Crippen molar-refractivity contribution in [2.24, 2.45) is 5.92 Å². The SMILES string of the molecule is CNC(CCS(C)(=O)=O)C1COc2ccccc2C1. The number of sulfone groups is 1. The zero-order valence-corrected chi connectivity index (χ0v) is 12.2. The van der Waals surface area contributed by atoms with Crippen LogP contribution in [0, 0.1) is 5.92 Å². The highest BCUT2D eigenvalue weighted by Gasteiger charge is 2.26. The molecule has 0 aromatic heterocycles. The molecular weight excluding hydrogens is 262 g/mol. The minimum atomic E-state index is -2.91. The minimum Gasteiger partial charge on any atom is -0.493 e. The predicted octanol–water partition coefficient (Wildman–Crippen LogP) is 1.26. The molecule has 0 spiro atoms. The summed E-state index contributed by atoms with van der Waals surface area (Å²) >= 11 is 0. The molecule has 2 unspecified atom stereocenters. The molecule has 2 rings (SSSR count). The number of fused-ring (bicyclic) bond motifs is 1. The normalized spacial score (nSPS) is 20.4.